The molecule has 0 amide bonds. The highest BCUT2D eigenvalue weighted by atomic mass is 79.9. The minimum atomic E-state index is -0.687. The summed E-state index contributed by atoms with van der Waals surface area (Å²) in [6.45, 7) is 4.31. The third-order valence-electron chi connectivity index (χ3n) is 2.98. The lowest BCUT2D eigenvalue weighted by atomic mass is 10.3. The average molecular weight is 360 g/mol. The SMILES string of the molecule is COCC(C)n1cc(C)nc1Nc1c(F)cc(F)cc1Br. The van der Waals surface area contributed by atoms with Gasteiger partial charge >= 0.3 is 0 Å². The normalized spacial score (nSPS) is 12.5. The molecule has 2 aromatic rings. The second-order valence-electron chi connectivity index (χ2n) is 4.79. The summed E-state index contributed by atoms with van der Waals surface area (Å²) in [4.78, 5) is 4.33. The van der Waals surface area contributed by atoms with Crippen molar-refractivity contribution in [2.24, 2.45) is 0 Å². The van der Waals surface area contributed by atoms with Crippen LogP contribution in [0, 0.1) is 18.6 Å². The lowest BCUT2D eigenvalue weighted by molar-refractivity contribution is 0.163. The molecule has 0 aliphatic heterocycles. The maximum Gasteiger partial charge on any atom is 0.208 e. The summed E-state index contributed by atoms with van der Waals surface area (Å²) in [6.07, 6.45) is 1.85. The van der Waals surface area contributed by atoms with Crippen LogP contribution in [0.3, 0.4) is 0 Å². The van der Waals surface area contributed by atoms with Gasteiger partial charge in [0.2, 0.25) is 5.95 Å². The zero-order chi connectivity index (χ0) is 15.6. The molecule has 0 aliphatic carbocycles. The lowest BCUT2D eigenvalue weighted by Gasteiger charge is -2.17. The smallest absolute Gasteiger partial charge is 0.208 e. The molecule has 1 atom stereocenters. The number of halogens is 3. The number of hydrogen-bond donors (Lipinski definition) is 1. The number of nitrogens with zero attached hydrogens (tertiary/aromatic N) is 2. The molecule has 7 heteroatoms. The number of nitrogens with one attached hydrogen (secondary N) is 1. The minimum absolute atomic E-state index is 0.0287. The molecule has 0 fully saturated rings. The van der Waals surface area contributed by atoms with E-state index in [2.05, 4.69) is 26.2 Å². The molecule has 0 spiro atoms. The zero-order valence-corrected chi connectivity index (χ0v) is 13.5. The zero-order valence-electron chi connectivity index (χ0n) is 12.0. The first-order chi connectivity index (χ1) is 9.92. The highest BCUT2D eigenvalue weighted by Crippen LogP contribution is 2.30. The Bertz CT molecular complexity index is 622. The van der Waals surface area contributed by atoms with Crippen molar-refractivity contribution in [1.82, 2.24) is 9.55 Å². The molecule has 1 N–H and O–H groups in total. The number of benzene rings is 1. The Kier molecular flexibility index (Phi) is 4.95. The van der Waals surface area contributed by atoms with Crippen molar-refractivity contribution >= 4 is 27.6 Å². The van der Waals surface area contributed by atoms with Gasteiger partial charge in [0.05, 0.1) is 24.0 Å². The van der Waals surface area contributed by atoms with E-state index in [0.29, 0.717) is 17.0 Å². The molecule has 4 nitrogen and oxygen atoms in total. The average Bonchev–Trinajstić information content (AvgIpc) is 2.75. The van der Waals surface area contributed by atoms with Crippen LogP contribution in [0.25, 0.3) is 0 Å². The molecule has 114 valence electrons. The predicted molar refractivity (Wildman–Crippen MR) is 80.9 cm³/mol. The first-order valence-corrected chi connectivity index (χ1v) is 7.17. The summed E-state index contributed by atoms with van der Waals surface area (Å²) >= 11 is 3.15. The van der Waals surface area contributed by atoms with E-state index >= 15 is 0 Å². The fourth-order valence-corrected chi connectivity index (χ4v) is 2.55. The molecule has 0 aliphatic rings. The summed E-state index contributed by atoms with van der Waals surface area (Å²) in [5.41, 5.74) is 0.937. The summed E-state index contributed by atoms with van der Waals surface area (Å²) < 4.78 is 34.3. The molecular weight excluding hydrogens is 344 g/mol. The third-order valence-corrected chi connectivity index (χ3v) is 3.60. The van der Waals surface area contributed by atoms with Crippen molar-refractivity contribution < 1.29 is 13.5 Å². The Morgan fingerprint density at radius 2 is 2.14 bits per heavy atom. The second kappa shape index (κ2) is 6.53. The Balaban J connectivity index is 2.36. The van der Waals surface area contributed by atoms with E-state index in [1.807, 2.05) is 24.6 Å². The Labute approximate surface area is 130 Å². The van der Waals surface area contributed by atoms with E-state index in [0.717, 1.165) is 11.8 Å². The summed E-state index contributed by atoms with van der Waals surface area (Å²) in [5, 5.41) is 2.90. The number of rotatable bonds is 5. The van der Waals surface area contributed by atoms with Gasteiger partial charge in [0.15, 0.2) is 5.82 Å². The Morgan fingerprint density at radius 3 is 2.76 bits per heavy atom. The number of ether oxygens (including phenoxy) is 1. The van der Waals surface area contributed by atoms with Gasteiger partial charge in [0.1, 0.15) is 5.82 Å². The van der Waals surface area contributed by atoms with E-state index in [4.69, 9.17) is 4.74 Å². The van der Waals surface area contributed by atoms with Crippen molar-refractivity contribution in [3.05, 3.63) is 40.1 Å². The third kappa shape index (κ3) is 3.59. The van der Waals surface area contributed by atoms with Crippen molar-refractivity contribution in [2.45, 2.75) is 19.9 Å². The standard InChI is InChI=1S/C14H16BrF2N3O/c1-8-6-20(9(2)7-21-3)14(18-8)19-13-11(15)4-10(16)5-12(13)17/h4-6,9H,7H2,1-3H3,(H,18,19). The first-order valence-electron chi connectivity index (χ1n) is 6.38. The topological polar surface area (TPSA) is 39.1 Å². The molecule has 1 aromatic heterocycles. The molecular formula is C14H16BrF2N3O. The highest BCUT2D eigenvalue weighted by molar-refractivity contribution is 9.10. The van der Waals surface area contributed by atoms with Crippen LogP contribution in [0.4, 0.5) is 20.4 Å². The number of hydrogen-bond acceptors (Lipinski definition) is 3. The molecule has 1 aromatic carbocycles. The summed E-state index contributed by atoms with van der Waals surface area (Å²) in [7, 11) is 1.61. The van der Waals surface area contributed by atoms with Crippen LogP contribution >= 0.6 is 15.9 Å². The van der Waals surface area contributed by atoms with Gasteiger partial charge in [-0.15, -0.1) is 0 Å². The molecule has 21 heavy (non-hydrogen) atoms. The van der Waals surface area contributed by atoms with Crippen LogP contribution in [0.5, 0.6) is 0 Å². The van der Waals surface area contributed by atoms with Crippen LogP contribution in [0.2, 0.25) is 0 Å². The summed E-state index contributed by atoms with van der Waals surface area (Å²) in [5.74, 6) is -0.853. The van der Waals surface area contributed by atoms with E-state index in [-0.39, 0.29) is 11.7 Å². The Hall–Kier alpha value is -1.47. The van der Waals surface area contributed by atoms with Crippen molar-refractivity contribution in [2.75, 3.05) is 19.0 Å². The van der Waals surface area contributed by atoms with E-state index < -0.39 is 11.6 Å². The molecule has 1 heterocycles. The minimum Gasteiger partial charge on any atom is -0.383 e. The second-order valence-corrected chi connectivity index (χ2v) is 5.64. The molecule has 2 rings (SSSR count). The molecule has 0 saturated heterocycles. The maximum atomic E-state index is 13.9. The van der Waals surface area contributed by atoms with Gasteiger partial charge in [0.25, 0.3) is 0 Å². The highest BCUT2D eigenvalue weighted by Gasteiger charge is 2.16. The van der Waals surface area contributed by atoms with Gasteiger partial charge in [-0.05, 0) is 35.8 Å². The number of anilines is 2. The van der Waals surface area contributed by atoms with Crippen LogP contribution in [0.15, 0.2) is 22.8 Å². The molecule has 1 unspecified atom stereocenters. The first kappa shape index (κ1) is 15.9. The van der Waals surface area contributed by atoms with Gasteiger partial charge in [-0.3, -0.25) is 0 Å². The number of imidazole rings is 1. The number of methoxy groups -OCH3 is 1. The largest absolute Gasteiger partial charge is 0.383 e. The van der Waals surface area contributed by atoms with E-state index in [9.17, 15) is 8.78 Å². The monoisotopic (exact) mass is 359 g/mol. The van der Waals surface area contributed by atoms with Crippen molar-refractivity contribution in [3.8, 4) is 0 Å². The van der Waals surface area contributed by atoms with Crippen LogP contribution in [0.1, 0.15) is 18.7 Å². The summed E-state index contributed by atoms with van der Waals surface area (Å²) in [6, 6.07) is 2.05. The lowest BCUT2D eigenvalue weighted by Crippen LogP contribution is -2.13. The number of aromatic nitrogens is 2. The Morgan fingerprint density at radius 1 is 1.43 bits per heavy atom. The molecule has 0 bridgehead atoms. The van der Waals surface area contributed by atoms with Gasteiger partial charge < -0.3 is 14.6 Å². The van der Waals surface area contributed by atoms with Crippen molar-refractivity contribution in [1.29, 1.82) is 0 Å². The molecule has 0 radical (unpaired) electrons. The van der Waals surface area contributed by atoms with E-state index in [1.165, 1.54) is 6.07 Å². The van der Waals surface area contributed by atoms with E-state index in [1.54, 1.807) is 7.11 Å². The van der Waals surface area contributed by atoms with Crippen molar-refractivity contribution in [3.63, 3.8) is 0 Å². The van der Waals surface area contributed by atoms with Gasteiger partial charge in [-0.2, -0.15) is 0 Å². The van der Waals surface area contributed by atoms with Crippen LogP contribution in [-0.4, -0.2) is 23.3 Å². The quantitative estimate of drug-likeness (QED) is 0.869. The van der Waals surface area contributed by atoms with Crippen LogP contribution < -0.4 is 5.32 Å². The fourth-order valence-electron chi connectivity index (χ4n) is 2.04. The predicted octanol–water partition coefficient (Wildman–Crippen LogP) is 4.18. The number of aryl methyl sites for hydroxylation is 1. The maximum absolute atomic E-state index is 13.9. The fraction of sp³-hybridized carbons (Fsp3) is 0.357. The van der Waals surface area contributed by atoms with Gasteiger partial charge in [-0.25, -0.2) is 13.8 Å². The van der Waals surface area contributed by atoms with Crippen LogP contribution in [-0.2, 0) is 4.74 Å². The van der Waals surface area contributed by atoms with Gasteiger partial charge in [-0.1, -0.05) is 0 Å². The molecule has 0 saturated carbocycles. The van der Waals surface area contributed by atoms with Gasteiger partial charge in [0, 0.05) is 23.8 Å².